The first-order valence-corrected chi connectivity index (χ1v) is 6.32. The van der Waals surface area contributed by atoms with Crippen LogP contribution in [-0.2, 0) is 17.6 Å². The lowest BCUT2D eigenvalue weighted by molar-refractivity contribution is -0.138. The van der Waals surface area contributed by atoms with Crippen LogP contribution in [-0.4, -0.2) is 6.21 Å². The molecule has 0 amide bonds. The van der Waals surface area contributed by atoms with Crippen LogP contribution in [0.15, 0.2) is 53.7 Å². The minimum absolute atomic E-state index is 0.000665. The van der Waals surface area contributed by atoms with Gasteiger partial charge in [-0.25, -0.2) is 0 Å². The van der Waals surface area contributed by atoms with Crippen molar-refractivity contribution in [2.24, 2.45) is 5.16 Å². The summed E-state index contributed by atoms with van der Waals surface area (Å²) in [6, 6.07) is 13.8. The highest BCUT2D eigenvalue weighted by molar-refractivity contribution is 5.82. The highest BCUT2D eigenvalue weighted by atomic mass is 19.4. The quantitative estimate of drug-likeness (QED) is 0.630. The first-order valence-electron chi connectivity index (χ1n) is 6.32. The number of halogens is 3. The number of nitriles is 1. The third kappa shape index (κ3) is 3.85. The Morgan fingerprint density at radius 3 is 2.50 bits per heavy atom. The summed E-state index contributed by atoms with van der Waals surface area (Å²) in [5.41, 5.74) is 0.197. The van der Waals surface area contributed by atoms with E-state index in [4.69, 9.17) is 10.1 Å². The molecule has 0 aliphatic rings. The van der Waals surface area contributed by atoms with Gasteiger partial charge in [-0.2, -0.15) is 18.4 Å². The molecule has 0 fully saturated rings. The molecular formula is C16H11F3N2O. The molecule has 0 aliphatic carbocycles. The van der Waals surface area contributed by atoms with Gasteiger partial charge in [0.25, 0.3) is 0 Å². The van der Waals surface area contributed by atoms with Gasteiger partial charge in [0, 0.05) is 11.1 Å². The fourth-order valence-electron chi connectivity index (χ4n) is 1.83. The molecule has 0 radical (unpaired) electrons. The van der Waals surface area contributed by atoms with Gasteiger partial charge < -0.3 is 4.84 Å². The molecule has 3 nitrogen and oxygen atoms in total. The molecule has 0 atom stereocenters. The lowest BCUT2D eigenvalue weighted by Crippen LogP contribution is -2.09. The Bertz CT molecular complexity index is 718. The van der Waals surface area contributed by atoms with Crippen LogP contribution in [0.3, 0.4) is 0 Å². The van der Waals surface area contributed by atoms with Crippen molar-refractivity contribution in [3.63, 3.8) is 0 Å². The second-order valence-electron chi connectivity index (χ2n) is 4.36. The number of hydrogen-bond donors (Lipinski definition) is 0. The number of alkyl halides is 3. The summed E-state index contributed by atoms with van der Waals surface area (Å²) in [7, 11) is 0. The van der Waals surface area contributed by atoms with Gasteiger partial charge in [0.2, 0.25) is 0 Å². The monoisotopic (exact) mass is 304 g/mol. The molecular weight excluding hydrogens is 293 g/mol. The fraction of sp³-hybridized carbons (Fsp3) is 0.125. The van der Waals surface area contributed by atoms with E-state index in [2.05, 4.69) is 5.16 Å². The maximum Gasteiger partial charge on any atom is 0.416 e. The lowest BCUT2D eigenvalue weighted by Gasteiger charge is -2.11. The summed E-state index contributed by atoms with van der Waals surface area (Å²) in [5.74, 6) is 0. The van der Waals surface area contributed by atoms with E-state index in [9.17, 15) is 13.2 Å². The Hall–Kier alpha value is -2.81. The van der Waals surface area contributed by atoms with Gasteiger partial charge in [-0.3, -0.25) is 0 Å². The van der Waals surface area contributed by atoms with Gasteiger partial charge in [-0.05, 0) is 12.1 Å². The molecule has 2 aromatic carbocycles. The Morgan fingerprint density at radius 1 is 1.09 bits per heavy atom. The molecule has 2 aromatic rings. The Balaban J connectivity index is 2.06. The zero-order valence-corrected chi connectivity index (χ0v) is 11.3. The molecule has 0 N–H and O–H groups in total. The molecule has 0 aromatic heterocycles. The van der Waals surface area contributed by atoms with E-state index in [1.54, 1.807) is 24.3 Å². The maximum absolute atomic E-state index is 12.8. The normalized spacial score (nSPS) is 11.4. The number of hydrogen-bond acceptors (Lipinski definition) is 3. The van der Waals surface area contributed by atoms with Crippen LogP contribution in [0.4, 0.5) is 13.2 Å². The van der Waals surface area contributed by atoms with Gasteiger partial charge in [0.05, 0.1) is 23.4 Å². The third-order valence-electron chi connectivity index (χ3n) is 2.89. The summed E-state index contributed by atoms with van der Waals surface area (Å²) in [6.45, 7) is -0.305. The minimum atomic E-state index is -4.43. The first-order chi connectivity index (χ1) is 10.5. The van der Waals surface area contributed by atoms with Gasteiger partial charge in [0.15, 0.2) is 0 Å². The van der Waals surface area contributed by atoms with Crippen LogP contribution in [0.5, 0.6) is 0 Å². The number of rotatable bonds is 4. The van der Waals surface area contributed by atoms with Gasteiger partial charge in [-0.1, -0.05) is 41.6 Å². The summed E-state index contributed by atoms with van der Waals surface area (Å²) in [4.78, 5) is 4.92. The number of benzene rings is 2. The van der Waals surface area contributed by atoms with E-state index in [1.165, 1.54) is 24.4 Å². The van der Waals surface area contributed by atoms with Crippen LogP contribution in [0.2, 0.25) is 0 Å². The largest absolute Gasteiger partial charge is 0.416 e. The molecule has 0 bridgehead atoms. The molecule has 0 saturated carbocycles. The van der Waals surface area contributed by atoms with Crippen LogP contribution in [0.25, 0.3) is 0 Å². The van der Waals surface area contributed by atoms with Crippen molar-refractivity contribution < 1.29 is 18.0 Å². The smallest absolute Gasteiger partial charge is 0.391 e. The SMILES string of the molecule is N#Cc1ccccc1C=NOCc1ccccc1C(F)(F)F. The van der Waals surface area contributed by atoms with Crippen LogP contribution >= 0.6 is 0 Å². The van der Waals surface area contributed by atoms with Gasteiger partial charge in [-0.15, -0.1) is 0 Å². The Kier molecular flexibility index (Phi) is 4.79. The Labute approximate surface area is 125 Å². The summed E-state index contributed by atoms with van der Waals surface area (Å²) >= 11 is 0. The van der Waals surface area contributed by atoms with Crippen molar-refractivity contribution in [1.29, 1.82) is 5.26 Å². The minimum Gasteiger partial charge on any atom is -0.391 e. The Morgan fingerprint density at radius 2 is 1.77 bits per heavy atom. The molecule has 0 heterocycles. The summed E-state index contributed by atoms with van der Waals surface area (Å²) in [5, 5.41) is 12.5. The standard InChI is InChI=1S/C16H11F3N2O/c17-16(18,19)15-8-4-3-7-14(15)11-22-21-10-13-6-2-1-5-12(13)9-20/h1-8,10H,11H2. The predicted molar refractivity (Wildman–Crippen MR) is 75.0 cm³/mol. The molecule has 0 spiro atoms. The molecule has 112 valence electrons. The number of nitrogens with zero attached hydrogens (tertiary/aromatic N) is 2. The van der Waals surface area contributed by atoms with Crippen molar-refractivity contribution in [2.75, 3.05) is 0 Å². The zero-order chi connectivity index (χ0) is 16.0. The van der Waals surface area contributed by atoms with Gasteiger partial charge >= 0.3 is 6.18 Å². The summed E-state index contributed by atoms with van der Waals surface area (Å²) in [6.07, 6.45) is -3.13. The van der Waals surface area contributed by atoms with E-state index in [0.717, 1.165) is 6.07 Å². The number of oxime groups is 1. The lowest BCUT2D eigenvalue weighted by atomic mass is 10.1. The zero-order valence-electron chi connectivity index (χ0n) is 11.3. The van der Waals surface area contributed by atoms with Crippen molar-refractivity contribution >= 4 is 6.21 Å². The van der Waals surface area contributed by atoms with Crippen LogP contribution in [0.1, 0.15) is 22.3 Å². The highest BCUT2D eigenvalue weighted by Gasteiger charge is 2.32. The fourth-order valence-corrected chi connectivity index (χ4v) is 1.83. The van der Waals surface area contributed by atoms with Gasteiger partial charge in [0.1, 0.15) is 6.61 Å². The van der Waals surface area contributed by atoms with E-state index in [-0.39, 0.29) is 12.2 Å². The molecule has 2 rings (SSSR count). The predicted octanol–water partition coefficient (Wildman–Crippen LogP) is 4.13. The molecule has 0 saturated heterocycles. The first kappa shape index (κ1) is 15.6. The molecule has 0 aliphatic heterocycles. The van der Waals surface area contributed by atoms with E-state index >= 15 is 0 Å². The average Bonchev–Trinajstić information content (AvgIpc) is 2.51. The van der Waals surface area contributed by atoms with Crippen LogP contribution < -0.4 is 0 Å². The molecule has 22 heavy (non-hydrogen) atoms. The van der Waals surface area contributed by atoms with E-state index in [0.29, 0.717) is 11.1 Å². The summed E-state index contributed by atoms with van der Waals surface area (Å²) < 4.78 is 38.4. The second kappa shape index (κ2) is 6.76. The second-order valence-corrected chi connectivity index (χ2v) is 4.36. The van der Waals surface area contributed by atoms with E-state index in [1.807, 2.05) is 6.07 Å². The van der Waals surface area contributed by atoms with Crippen molar-refractivity contribution in [3.8, 4) is 6.07 Å². The van der Waals surface area contributed by atoms with Crippen molar-refractivity contribution in [3.05, 3.63) is 70.8 Å². The highest BCUT2D eigenvalue weighted by Crippen LogP contribution is 2.32. The van der Waals surface area contributed by atoms with E-state index < -0.39 is 11.7 Å². The van der Waals surface area contributed by atoms with Crippen molar-refractivity contribution in [2.45, 2.75) is 12.8 Å². The average molecular weight is 304 g/mol. The van der Waals surface area contributed by atoms with Crippen LogP contribution in [0, 0.1) is 11.3 Å². The third-order valence-corrected chi connectivity index (χ3v) is 2.89. The maximum atomic E-state index is 12.8. The topological polar surface area (TPSA) is 45.4 Å². The molecule has 6 heteroatoms. The van der Waals surface area contributed by atoms with Crippen molar-refractivity contribution in [1.82, 2.24) is 0 Å². The molecule has 0 unspecified atom stereocenters.